The fourth-order valence-electron chi connectivity index (χ4n) is 1.50. The van der Waals surface area contributed by atoms with Crippen molar-refractivity contribution in [2.24, 2.45) is 0 Å². The molecule has 19 heavy (non-hydrogen) atoms. The van der Waals surface area contributed by atoms with E-state index in [9.17, 15) is 4.79 Å². The van der Waals surface area contributed by atoms with Crippen LogP contribution < -0.4 is 5.73 Å². The number of benzene rings is 1. The van der Waals surface area contributed by atoms with Gasteiger partial charge in [-0.1, -0.05) is 17.8 Å². The third-order valence-corrected chi connectivity index (χ3v) is 2.97. The van der Waals surface area contributed by atoms with Gasteiger partial charge in [-0.2, -0.15) is 0 Å². The largest absolute Gasteiger partial charge is 0.459 e. The number of carbonyl (C=O) groups excluding carboxylic acids is 1. The van der Waals surface area contributed by atoms with E-state index in [1.165, 1.54) is 11.8 Å². The number of anilines is 1. The Bertz CT molecular complexity index is 601. The molecule has 1 heterocycles. The van der Waals surface area contributed by atoms with E-state index in [2.05, 4.69) is 4.98 Å². The predicted molar refractivity (Wildman–Crippen MR) is 75.0 cm³/mol. The predicted octanol–water partition coefficient (Wildman–Crippen LogP) is 2.84. The molecule has 0 aliphatic carbocycles. The maximum absolute atomic E-state index is 11.6. The third-order valence-electron chi connectivity index (χ3n) is 2.16. The van der Waals surface area contributed by atoms with Crippen molar-refractivity contribution in [3.05, 3.63) is 18.2 Å². The summed E-state index contributed by atoms with van der Waals surface area (Å²) in [6, 6.07) is 5.34. The van der Waals surface area contributed by atoms with Gasteiger partial charge in [-0.05, 0) is 32.9 Å². The molecule has 102 valence electrons. The van der Waals surface area contributed by atoms with Crippen LogP contribution in [0.5, 0.6) is 0 Å². The van der Waals surface area contributed by atoms with Gasteiger partial charge in [-0.25, -0.2) is 4.98 Å². The lowest BCUT2D eigenvalue weighted by molar-refractivity contribution is -0.151. The third kappa shape index (κ3) is 3.64. The van der Waals surface area contributed by atoms with Gasteiger partial charge in [0.25, 0.3) is 5.22 Å². The zero-order chi connectivity index (χ0) is 14.0. The Morgan fingerprint density at radius 1 is 1.47 bits per heavy atom. The molecule has 1 aromatic carbocycles. The molecule has 0 amide bonds. The van der Waals surface area contributed by atoms with E-state index in [-0.39, 0.29) is 11.7 Å². The Morgan fingerprint density at radius 3 is 2.84 bits per heavy atom. The van der Waals surface area contributed by atoms with Gasteiger partial charge in [0.2, 0.25) is 0 Å². The minimum absolute atomic E-state index is 0.157. The minimum atomic E-state index is -0.483. The van der Waals surface area contributed by atoms with E-state index >= 15 is 0 Å². The van der Waals surface area contributed by atoms with Crippen LogP contribution in [0.1, 0.15) is 20.8 Å². The highest BCUT2D eigenvalue weighted by atomic mass is 32.2. The first kappa shape index (κ1) is 13.7. The summed E-state index contributed by atoms with van der Waals surface area (Å²) < 4.78 is 10.7. The number of hydrogen-bond acceptors (Lipinski definition) is 6. The lowest BCUT2D eigenvalue weighted by atomic mass is 10.2. The highest BCUT2D eigenvalue weighted by Crippen LogP contribution is 2.27. The molecule has 0 bridgehead atoms. The number of nitrogens with two attached hydrogens (primary N) is 1. The molecule has 0 saturated heterocycles. The van der Waals surface area contributed by atoms with Crippen LogP contribution >= 0.6 is 11.8 Å². The smallest absolute Gasteiger partial charge is 0.316 e. The van der Waals surface area contributed by atoms with Gasteiger partial charge < -0.3 is 14.9 Å². The molecule has 1 aromatic heterocycles. The standard InChI is InChI=1S/C13H16N2O3S/c1-13(2,3)18-10(16)7-19-12-15-11-8(14)5-4-6-9(11)17-12/h4-6H,7,14H2,1-3H3. The summed E-state index contributed by atoms with van der Waals surface area (Å²) in [7, 11) is 0. The lowest BCUT2D eigenvalue weighted by Crippen LogP contribution is -2.24. The first-order chi connectivity index (χ1) is 8.85. The molecule has 0 spiro atoms. The van der Waals surface area contributed by atoms with Gasteiger partial charge in [-0.3, -0.25) is 4.79 Å². The van der Waals surface area contributed by atoms with Gasteiger partial charge in [0.05, 0.1) is 5.69 Å². The second-order valence-corrected chi connectivity index (χ2v) is 5.98. The highest BCUT2D eigenvalue weighted by molar-refractivity contribution is 7.99. The Balaban J connectivity index is 2.02. The fraction of sp³-hybridized carbons (Fsp3) is 0.385. The second-order valence-electron chi connectivity index (χ2n) is 5.05. The number of hydrogen-bond donors (Lipinski definition) is 1. The molecule has 0 fully saturated rings. The van der Waals surface area contributed by atoms with Gasteiger partial charge >= 0.3 is 5.97 Å². The number of esters is 1. The molecular weight excluding hydrogens is 264 g/mol. The van der Waals surface area contributed by atoms with Gasteiger partial charge in [0, 0.05) is 0 Å². The average molecular weight is 280 g/mol. The summed E-state index contributed by atoms with van der Waals surface area (Å²) in [5, 5.41) is 0.416. The van der Waals surface area contributed by atoms with E-state index in [0.29, 0.717) is 22.0 Å². The van der Waals surface area contributed by atoms with Crippen molar-refractivity contribution in [3.63, 3.8) is 0 Å². The first-order valence-electron chi connectivity index (χ1n) is 5.85. The van der Waals surface area contributed by atoms with Crippen molar-refractivity contribution < 1.29 is 13.9 Å². The van der Waals surface area contributed by atoms with Gasteiger partial charge in [0.1, 0.15) is 16.9 Å². The maximum atomic E-state index is 11.6. The van der Waals surface area contributed by atoms with Crippen molar-refractivity contribution in [2.45, 2.75) is 31.6 Å². The Labute approximate surface area is 115 Å². The molecular formula is C13H16N2O3S. The number of para-hydroxylation sites is 1. The van der Waals surface area contributed by atoms with Crippen LogP contribution in [-0.4, -0.2) is 22.3 Å². The summed E-state index contributed by atoms with van der Waals surface area (Å²) >= 11 is 1.20. The van der Waals surface area contributed by atoms with Crippen LogP contribution in [0.3, 0.4) is 0 Å². The Kier molecular flexibility index (Phi) is 3.71. The highest BCUT2D eigenvalue weighted by Gasteiger charge is 2.17. The van der Waals surface area contributed by atoms with Crippen LogP contribution in [0.4, 0.5) is 5.69 Å². The monoisotopic (exact) mass is 280 g/mol. The summed E-state index contributed by atoms with van der Waals surface area (Å²) in [6.07, 6.45) is 0. The number of rotatable bonds is 3. The summed E-state index contributed by atoms with van der Waals surface area (Å²) in [5.41, 5.74) is 7.10. The molecule has 0 atom stereocenters. The van der Waals surface area contributed by atoms with Crippen molar-refractivity contribution >= 4 is 34.5 Å². The number of ether oxygens (including phenoxy) is 1. The summed E-state index contributed by atoms with van der Waals surface area (Å²) in [6.45, 7) is 5.49. The average Bonchev–Trinajstić information content (AvgIpc) is 2.68. The van der Waals surface area contributed by atoms with Crippen LogP contribution in [0.25, 0.3) is 11.1 Å². The Morgan fingerprint density at radius 2 is 2.21 bits per heavy atom. The van der Waals surface area contributed by atoms with Crippen molar-refractivity contribution in [1.29, 1.82) is 0 Å². The number of oxazole rings is 1. The van der Waals surface area contributed by atoms with Crippen LogP contribution in [0.15, 0.2) is 27.8 Å². The zero-order valence-corrected chi connectivity index (χ0v) is 11.9. The molecule has 0 unspecified atom stereocenters. The zero-order valence-electron chi connectivity index (χ0n) is 11.1. The number of nitrogen functional groups attached to an aromatic ring is 1. The number of aromatic nitrogens is 1. The molecule has 5 nitrogen and oxygen atoms in total. The van der Waals surface area contributed by atoms with Crippen molar-refractivity contribution in [3.8, 4) is 0 Å². The molecule has 2 rings (SSSR count). The van der Waals surface area contributed by atoms with E-state index < -0.39 is 5.60 Å². The van der Waals surface area contributed by atoms with Crippen LogP contribution in [0.2, 0.25) is 0 Å². The number of thioether (sulfide) groups is 1. The number of fused-ring (bicyclic) bond motifs is 1. The molecule has 2 aromatic rings. The molecule has 0 aliphatic rings. The van der Waals surface area contributed by atoms with E-state index in [4.69, 9.17) is 14.9 Å². The first-order valence-corrected chi connectivity index (χ1v) is 6.83. The molecule has 2 N–H and O–H groups in total. The summed E-state index contributed by atoms with van der Waals surface area (Å²) in [4.78, 5) is 15.8. The van der Waals surface area contributed by atoms with Gasteiger partial charge in [0.15, 0.2) is 5.58 Å². The normalized spacial score (nSPS) is 11.7. The molecule has 0 radical (unpaired) electrons. The molecule has 6 heteroatoms. The molecule has 0 saturated carbocycles. The van der Waals surface area contributed by atoms with Crippen molar-refractivity contribution in [1.82, 2.24) is 4.98 Å². The quantitative estimate of drug-likeness (QED) is 0.529. The second kappa shape index (κ2) is 5.13. The van der Waals surface area contributed by atoms with Crippen LogP contribution in [-0.2, 0) is 9.53 Å². The van der Waals surface area contributed by atoms with Crippen molar-refractivity contribution in [2.75, 3.05) is 11.5 Å². The number of nitrogens with zero attached hydrogens (tertiary/aromatic N) is 1. The minimum Gasteiger partial charge on any atom is -0.459 e. The van der Waals surface area contributed by atoms with Gasteiger partial charge in [-0.15, -0.1) is 0 Å². The fourth-order valence-corrected chi connectivity index (χ4v) is 2.11. The van der Waals surface area contributed by atoms with Crippen LogP contribution in [0, 0.1) is 0 Å². The van der Waals surface area contributed by atoms with E-state index in [1.54, 1.807) is 18.2 Å². The Hall–Kier alpha value is -1.69. The summed E-state index contributed by atoms with van der Waals surface area (Å²) in [5.74, 6) is -0.142. The topological polar surface area (TPSA) is 78.3 Å². The SMILES string of the molecule is CC(C)(C)OC(=O)CSc1nc2c(N)cccc2o1. The molecule has 0 aliphatic heterocycles. The van der Waals surface area contributed by atoms with E-state index in [0.717, 1.165) is 0 Å². The number of carbonyl (C=O) groups is 1. The lowest BCUT2D eigenvalue weighted by Gasteiger charge is -2.18. The maximum Gasteiger partial charge on any atom is 0.316 e. The van der Waals surface area contributed by atoms with E-state index in [1.807, 2.05) is 20.8 Å².